The molecule has 146 valence electrons. The maximum Gasteiger partial charge on any atom is 0.341 e. The number of hydrogen-bond acceptors (Lipinski definition) is 9. The van der Waals surface area contributed by atoms with Gasteiger partial charge in [-0.15, -0.1) is 21.5 Å². The molecular weight excluding hydrogens is 440 g/mol. The molecule has 3 rings (SSSR count). The van der Waals surface area contributed by atoms with Crippen LogP contribution in [0.2, 0.25) is 5.02 Å². The summed E-state index contributed by atoms with van der Waals surface area (Å²) >= 11 is 10.1. The lowest BCUT2D eigenvalue weighted by Gasteiger charge is -2.08. The quantitative estimate of drug-likeness (QED) is 0.401. The van der Waals surface area contributed by atoms with Crippen LogP contribution in [0.5, 0.6) is 0 Å². The van der Waals surface area contributed by atoms with Crippen molar-refractivity contribution in [2.45, 2.75) is 4.34 Å². The van der Waals surface area contributed by atoms with Gasteiger partial charge in [0.2, 0.25) is 11.0 Å². The summed E-state index contributed by atoms with van der Waals surface area (Å²) in [6, 6.07) is 7.19. The molecule has 28 heavy (non-hydrogen) atoms. The van der Waals surface area contributed by atoms with Crippen LogP contribution in [-0.2, 0) is 9.53 Å². The Labute approximate surface area is 178 Å². The Morgan fingerprint density at radius 3 is 2.71 bits per heavy atom. The number of amides is 1. The molecule has 1 amide bonds. The number of carbonyl (C=O) groups is 2. The van der Waals surface area contributed by atoms with Crippen LogP contribution >= 0.6 is 46.0 Å². The highest BCUT2D eigenvalue weighted by Crippen LogP contribution is 2.39. The molecule has 0 unspecified atom stereocenters. The minimum Gasteiger partial charge on any atom is -0.465 e. The highest BCUT2D eigenvalue weighted by molar-refractivity contribution is 8.01. The fourth-order valence-electron chi connectivity index (χ4n) is 2.29. The van der Waals surface area contributed by atoms with Gasteiger partial charge in [0.05, 0.1) is 12.9 Å². The van der Waals surface area contributed by atoms with Crippen LogP contribution in [0.4, 0.5) is 10.1 Å². The van der Waals surface area contributed by atoms with Gasteiger partial charge >= 0.3 is 5.97 Å². The third kappa shape index (κ3) is 4.64. The van der Waals surface area contributed by atoms with E-state index in [0.29, 0.717) is 30.6 Å². The highest BCUT2D eigenvalue weighted by atomic mass is 35.5. The summed E-state index contributed by atoms with van der Waals surface area (Å²) in [5.41, 5.74) is 1.60. The van der Waals surface area contributed by atoms with Gasteiger partial charge in [-0.25, -0.2) is 4.79 Å². The van der Waals surface area contributed by atoms with Crippen LogP contribution < -0.4 is 10.6 Å². The Balaban J connectivity index is 1.78. The van der Waals surface area contributed by atoms with Crippen molar-refractivity contribution < 1.29 is 14.3 Å². The predicted molar refractivity (Wildman–Crippen MR) is 115 cm³/mol. The summed E-state index contributed by atoms with van der Waals surface area (Å²) in [6.45, 7) is 0. The molecule has 1 aromatic carbocycles. The van der Waals surface area contributed by atoms with Crippen molar-refractivity contribution in [1.82, 2.24) is 10.2 Å². The number of anilines is 2. The Hall–Kier alpha value is -2.14. The van der Waals surface area contributed by atoms with Crippen LogP contribution in [0.1, 0.15) is 10.4 Å². The molecule has 0 saturated heterocycles. The Bertz CT molecular complexity index is 1010. The summed E-state index contributed by atoms with van der Waals surface area (Å²) in [5.74, 6) is -0.663. The SMILES string of the molecule is CNc1nnc(SCC(=O)Nc2scc(-c3ccccc3Cl)c2C(=O)OC)s1. The lowest BCUT2D eigenvalue weighted by molar-refractivity contribution is -0.113. The Kier molecular flexibility index (Phi) is 6.89. The zero-order valence-electron chi connectivity index (χ0n) is 14.8. The molecule has 0 aliphatic rings. The summed E-state index contributed by atoms with van der Waals surface area (Å²) < 4.78 is 5.58. The van der Waals surface area contributed by atoms with Crippen molar-refractivity contribution in [3.63, 3.8) is 0 Å². The number of rotatable bonds is 7. The molecular formula is C17H15ClN4O3S3. The van der Waals surface area contributed by atoms with E-state index < -0.39 is 5.97 Å². The Morgan fingerprint density at radius 1 is 1.25 bits per heavy atom. The monoisotopic (exact) mass is 454 g/mol. The first kappa shape index (κ1) is 20.6. The summed E-state index contributed by atoms with van der Waals surface area (Å²) in [6.07, 6.45) is 0. The van der Waals surface area contributed by atoms with Gasteiger partial charge < -0.3 is 15.4 Å². The molecule has 3 aromatic rings. The van der Waals surface area contributed by atoms with Crippen LogP contribution in [0.25, 0.3) is 11.1 Å². The number of carbonyl (C=O) groups excluding carboxylic acids is 2. The van der Waals surface area contributed by atoms with E-state index in [0.717, 1.165) is 0 Å². The number of benzene rings is 1. The number of thioether (sulfide) groups is 1. The van der Waals surface area contributed by atoms with Crippen LogP contribution in [0.3, 0.4) is 0 Å². The van der Waals surface area contributed by atoms with E-state index in [2.05, 4.69) is 20.8 Å². The van der Waals surface area contributed by atoms with Gasteiger partial charge in [0.25, 0.3) is 0 Å². The van der Waals surface area contributed by atoms with E-state index in [1.54, 1.807) is 18.5 Å². The van der Waals surface area contributed by atoms with Gasteiger partial charge in [-0.05, 0) is 6.07 Å². The number of methoxy groups -OCH3 is 1. The normalized spacial score (nSPS) is 10.5. The second-order valence-corrected chi connectivity index (χ2v) is 8.77. The minimum atomic E-state index is -0.540. The minimum absolute atomic E-state index is 0.137. The summed E-state index contributed by atoms with van der Waals surface area (Å²) in [4.78, 5) is 24.7. The third-order valence-electron chi connectivity index (χ3n) is 3.54. The number of esters is 1. The topological polar surface area (TPSA) is 93.2 Å². The van der Waals surface area contributed by atoms with E-state index in [1.807, 2.05) is 18.2 Å². The van der Waals surface area contributed by atoms with Gasteiger partial charge in [0.1, 0.15) is 10.6 Å². The number of aromatic nitrogens is 2. The number of halogens is 1. The van der Waals surface area contributed by atoms with Crippen molar-refractivity contribution >= 4 is 68.0 Å². The second-order valence-electron chi connectivity index (χ2n) is 5.28. The summed E-state index contributed by atoms with van der Waals surface area (Å²) in [5, 5.41) is 17.0. The fourth-order valence-corrected chi connectivity index (χ4v) is 5.00. The molecule has 0 aliphatic carbocycles. The standard InChI is InChI=1S/C17H15ClN4O3S3/c1-19-16-21-22-17(28-16)27-8-12(23)20-14-13(15(24)25-2)10(7-26-14)9-5-3-4-6-11(9)18/h3-7H,8H2,1-2H3,(H,19,21)(H,20,23). The van der Waals surface area contributed by atoms with E-state index in [1.165, 1.54) is 41.5 Å². The lowest BCUT2D eigenvalue weighted by atomic mass is 10.0. The third-order valence-corrected chi connectivity index (χ3v) is 6.84. The van der Waals surface area contributed by atoms with Crippen molar-refractivity contribution in [2.75, 3.05) is 30.5 Å². The zero-order chi connectivity index (χ0) is 20.1. The first-order valence-electron chi connectivity index (χ1n) is 7.92. The number of ether oxygens (including phenoxy) is 1. The molecule has 11 heteroatoms. The maximum absolute atomic E-state index is 12.4. The van der Waals surface area contributed by atoms with Gasteiger partial charge in [0, 0.05) is 28.6 Å². The number of nitrogens with zero attached hydrogens (tertiary/aromatic N) is 2. The van der Waals surface area contributed by atoms with Crippen LogP contribution in [0, 0.1) is 0 Å². The molecule has 0 atom stereocenters. The largest absolute Gasteiger partial charge is 0.465 e. The molecule has 2 N–H and O–H groups in total. The highest BCUT2D eigenvalue weighted by Gasteiger charge is 2.23. The van der Waals surface area contributed by atoms with Crippen LogP contribution in [-0.4, -0.2) is 42.0 Å². The van der Waals surface area contributed by atoms with Crippen molar-refractivity contribution in [2.24, 2.45) is 0 Å². The zero-order valence-corrected chi connectivity index (χ0v) is 18.0. The average Bonchev–Trinajstić information content (AvgIpc) is 3.33. The fraction of sp³-hybridized carbons (Fsp3) is 0.176. The van der Waals surface area contributed by atoms with Gasteiger partial charge in [-0.3, -0.25) is 4.79 Å². The average molecular weight is 455 g/mol. The molecule has 0 fully saturated rings. The van der Waals surface area contributed by atoms with E-state index in [-0.39, 0.29) is 17.2 Å². The van der Waals surface area contributed by atoms with Crippen molar-refractivity contribution in [1.29, 1.82) is 0 Å². The van der Waals surface area contributed by atoms with Gasteiger partial charge in [0.15, 0.2) is 4.34 Å². The Morgan fingerprint density at radius 2 is 2.04 bits per heavy atom. The predicted octanol–water partition coefficient (Wildman–Crippen LogP) is 4.48. The molecule has 2 heterocycles. The van der Waals surface area contributed by atoms with Crippen molar-refractivity contribution in [3.8, 4) is 11.1 Å². The van der Waals surface area contributed by atoms with E-state index in [9.17, 15) is 9.59 Å². The molecule has 0 aliphatic heterocycles. The smallest absolute Gasteiger partial charge is 0.341 e. The second kappa shape index (κ2) is 9.37. The van der Waals surface area contributed by atoms with Crippen LogP contribution in [0.15, 0.2) is 34.0 Å². The molecule has 7 nitrogen and oxygen atoms in total. The van der Waals surface area contributed by atoms with E-state index in [4.69, 9.17) is 16.3 Å². The molecule has 2 aromatic heterocycles. The number of thiophene rings is 1. The summed E-state index contributed by atoms with van der Waals surface area (Å²) in [7, 11) is 3.05. The van der Waals surface area contributed by atoms with Gasteiger partial charge in [-0.2, -0.15) is 0 Å². The molecule has 0 spiro atoms. The molecule has 0 radical (unpaired) electrons. The first-order chi connectivity index (χ1) is 13.5. The van der Waals surface area contributed by atoms with E-state index >= 15 is 0 Å². The van der Waals surface area contributed by atoms with Gasteiger partial charge in [-0.1, -0.05) is 52.9 Å². The first-order valence-corrected chi connectivity index (χ1v) is 11.0. The number of nitrogens with one attached hydrogen (secondary N) is 2. The lowest BCUT2D eigenvalue weighted by Crippen LogP contribution is -2.16. The molecule has 0 bridgehead atoms. The molecule has 0 saturated carbocycles. The maximum atomic E-state index is 12.4. The number of hydrogen-bond donors (Lipinski definition) is 2. The van der Waals surface area contributed by atoms with Crippen molar-refractivity contribution in [3.05, 3.63) is 40.2 Å².